The van der Waals surface area contributed by atoms with E-state index in [4.69, 9.17) is 0 Å². The summed E-state index contributed by atoms with van der Waals surface area (Å²) in [5, 5.41) is 19.0. The van der Waals surface area contributed by atoms with E-state index < -0.39 is 30.4 Å². The summed E-state index contributed by atoms with van der Waals surface area (Å²) in [6.07, 6.45) is -3.43. The number of amides is 2. The first-order valence-corrected chi connectivity index (χ1v) is 9.77. The lowest BCUT2D eigenvalue weighted by Gasteiger charge is -2.13. The van der Waals surface area contributed by atoms with Gasteiger partial charge in [-0.3, -0.25) is 14.4 Å². The van der Waals surface area contributed by atoms with Crippen LogP contribution in [0.5, 0.6) is 0 Å². The molecular weight excluding hydrogens is 441 g/mol. The maximum absolute atomic E-state index is 13.0. The molecule has 33 heavy (non-hydrogen) atoms. The minimum atomic E-state index is -5.04. The summed E-state index contributed by atoms with van der Waals surface area (Å²) in [5.41, 5.74) is 1.85. The summed E-state index contributed by atoms with van der Waals surface area (Å²) in [7, 11) is 0. The number of hydrazone groups is 1. The Hall–Kier alpha value is -4.15. The molecule has 0 spiro atoms. The van der Waals surface area contributed by atoms with Gasteiger partial charge in [0.1, 0.15) is 0 Å². The molecule has 0 aromatic heterocycles. The van der Waals surface area contributed by atoms with Crippen molar-refractivity contribution >= 4 is 40.6 Å². The van der Waals surface area contributed by atoms with Gasteiger partial charge >= 0.3 is 18.1 Å². The third-order valence-corrected chi connectivity index (χ3v) is 4.67. The van der Waals surface area contributed by atoms with Crippen LogP contribution in [0.4, 0.5) is 30.2 Å². The van der Waals surface area contributed by atoms with Crippen LogP contribution >= 0.6 is 0 Å². The minimum Gasteiger partial charge on any atom is -0.481 e. The van der Waals surface area contributed by atoms with Crippen LogP contribution in [0.2, 0.25) is 0 Å². The van der Waals surface area contributed by atoms with E-state index in [0.29, 0.717) is 0 Å². The number of hydrogen-bond acceptors (Lipinski definition) is 5. The number of nitrogens with one attached hydrogen (secondary N) is 2. The molecule has 1 aliphatic rings. The third kappa shape index (κ3) is 5.56. The van der Waals surface area contributed by atoms with Crippen LogP contribution in [0, 0.1) is 0 Å². The van der Waals surface area contributed by atoms with Gasteiger partial charge in [0, 0.05) is 17.6 Å². The number of hydrogen-bond donors (Lipinski definition) is 3. The zero-order valence-electron chi connectivity index (χ0n) is 17.3. The Labute approximate surface area is 186 Å². The highest BCUT2D eigenvalue weighted by Crippen LogP contribution is 2.27. The van der Waals surface area contributed by atoms with E-state index >= 15 is 0 Å². The van der Waals surface area contributed by atoms with Crippen LogP contribution in [0.15, 0.2) is 65.4 Å². The van der Waals surface area contributed by atoms with Crippen molar-refractivity contribution in [2.75, 3.05) is 15.6 Å². The normalized spacial score (nSPS) is 14.9. The van der Waals surface area contributed by atoms with Crippen molar-refractivity contribution in [2.24, 2.45) is 5.10 Å². The number of carboxylic acids is 1. The number of halogens is 3. The predicted molar refractivity (Wildman–Crippen MR) is 116 cm³/mol. The zero-order chi connectivity index (χ0) is 24.2. The second-order valence-electron chi connectivity index (χ2n) is 6.95. The Bertz CT molecular complexity index is 1140. The molecule has 0 saturated carbocycles. The smallest absolute Gasteiger partial charge is 0.471 e. The lowest BCUT2D eigenvalue weighted by Crippen LogP contribution is -2.29. The standard InChI is InChI=1S/C22H19F3N4O4/c1-2-13-5-3-4-6-17(13)26-12-16-18(11-19(30)31)28-29(20(16)32)15-9-7-14(8-10-15)27-21(33)22(23,24)25/h3-10,12,26H,2,11H2,1H3,(H,27,33)(H,30,31). The fourth-order valence-corrected chi connectivity index (χ4v) is 3.06. The maximum atomic E-state index is 13.0. The van der Waals surface area contributed by atoms with Gasteiger partial charge in [0.15, 0.2) is 0 Å². The summed E-state index contributed by atoms with van der Waals surface area (Å²) in [4.78, 5) is 35.3. The van der Waals surface area contributed by atoms with Crippen molar-refractivity contribution in [3.8, 4) is 0 Å². The predicted octanol–water partition coefficient (Wildman–Crippen LogP) is 3.92. The molecule has 11 heteroatoms. The molecule has 3 rings (SSSR count). The Morgan fingerprint density at radius 3 is 2.39 bits per heavy atom. The van der Waals surface area contributed by atoms with Gasteiger partial charge in [-0.15, -0.1) is 0 Å². The third-order valence-electron chi connectivity index (χ3n) is 4.67. The molecule has 0 aliphatic carbocycles. The van der Waals surface area contributed by atoms with Crippen molar-refractivity contribution in [1.29, 1.82) is 0 Å². The van der Waals surface area contributed by atoms with E-state index in [-0.39, 0.29) is 22.7 Å². The molecule has 2 aromatic carbocycles. The van der Waals surface area contributed by atoms with Crippen LogP contribution in [-0.4, -0.2) is 34.8 Å². The number of aryl methyl sites for hydroxylation is 1. The lowest BCUT2D eigenvalue weighted by atomic mass is 10.1. The number of nitrogens with zero attached hydrogens (tertiary/aromatic N) is 2. The first-order chi connectivity index (χ1) is 15.6. The van der Waals surface area contributed by atoms with Gasteiger partial charge in [-0.05, 0) is 42.3 Å². The maximum Gasteiger partial charge on any atom is 0.471 e. The number of anilines is 3. The van der Waals surface area contributed by atoms with Gasteiger partial charge in [0.25, 0.3) is 5.91 Å². The number of alkyl halides is 3. The van der Waals surface area contributed by atoms with E-state index in [1.807, 2.05) is 31.2 Å². The molecule has 0 fully saturated rings. The molecule has 8 nitrogen and oxygen atoms in total. The second-order valence-corrected chi connectivity index (χ2v) is 6.95. The highest BCUT2D eigenvalue weighted by atomic mass is 19.4. The van der Waals surface area contributed by atoms with Gasteiger partial charge in [-0.1, -0.05) is 25.1 Å². The Balaban J connectivity index is 1.85. The molecule has 2 aromatic rings. The number of rotatable bonds is 7. The Kier molecular flexibility index (Phi) is 6.80. The summed E-state index contributed by atoms with van der Waals surface area (Å²) in [6, 6.07) is 12.3. The van der Waals surface area contributed by atoms with Crippen LogP contribution < -0.4 is 15.6 Å². The minimum absolute atomic E-state index is 0.0171. The van der Waals surface area contributed by atoms with Crippen LogP contribution in [0.1, 0.15) is 18.9 Å². The average molecular weight is 460 g/mol. The molecule has 0 unspecified atom stereocenters. The summed E-state index contributed by atoms with van der Waals surface area (Å²) in [6.45, 7) is 1.97. The molecular formula is C22H19F3N4O4. The first kappa shape index (κ1) is 23.5. The molecule has 0 radical (unpaired) electrons. The number of benzene rings is 2. The number of aliphatic carboxylic acids is 1. The number of carboxylic acid groups (broad SMARTS) is 1. The van der Waals surface area contributed by atoms with E-state index in [2.05, 4.69) is 10.4 Å². The van der Waals surface area contributed by atoms with E-state index in [1.54, 1.807) is 5.32 Å². The van der Waals surface area contributed by atoms with Crippen LogP contribution in [0.25, 0.3) is 0 Å². The monoisotopic (exact) mass is 460 g/mol. The molecule has 0 saturated heterocycles. The van der Waals surface area contributed by atoms with Gasteiger partial charge in [0.2, 0.25) is 0 Å². The topological polar surface area (TPSA) is 111 Å². The van der Waals surface area contributed by atoms with Gasteiger partial charge in [-0.25, -0.2) is 0 Å². The number of carbonyl (C=O) groups is 3. The SMILES string of the molecule is CCc1ccccc1NC=C1C(=O)N(c2ccc(NC(=O)C(F)(F)F)cc2)N=C1CC(=O)O. The molecule has 172 valence electrons. The van der Waals surface area contributed by atoms with Crippen molar-refractivity contribution in [2.45, 2.75) is 25.9 Å². The quantitative estimate of drug-likeness (QED) is 0.543. The average Bonchev–Trinajstić information content (AvgIpc) is 3.06. The Morgan fingerprint density at radius 2 is 1.79 bits per heavy atom. The zero-order valence-corrected chi connectivity index (χ0v) is 17.3. The summed E-state index contributed by atoms with van der Waals surface area (Å²) < 4.78 is 37.2. The largest absolute Gasteiger partial charge is 0.481 e. The molecule has 0 atom stereocenters. The van der Waals surface area contributed by atoms with E-state index in [1.165, 1.54) is 30.5 Å². The highest BCUT2D eigenvalue weighted by Gasteiger charge is 2.38. The first-order valence-electron chi connectivity index (χ1n) is 9.77. The molecule has 3 N–H and O–H groups in total. The van der Waals surface area contributed by atoms with Crippen molar-refractivity contribution in [1.82, 2.24) is 0 Å². The Morgan fingerprint density at radius 1 is 1.12 bits per heavy atom. The van der Waals surface area contributed by atoms with Crippen LogP contribution in [0.3, 0.4) is 0 Å². The molecule has 0 bridgehead atoms. The fourth-order valence-electron chi connectivity index (χ4n) is 3.06. The second kappa shape index (κ2) is 9.55. The number of carbonyl (C=O) groups excluding carboxylic acids is 2. The summed E-state index contributed by atoms with van der Waals surface area (Å²) >= 11 is 0. The van der Waals surface area contributed by atoms with Gasteiger partial charge < -0.3 is 15.7 Å². The van der Waals surface area contributed by atoms with Crippen molar-refractivity contribution in [3.05, 3.63) is 65.9 Å². The van der Waals surface area contributed by atoms with Crippen molar-refractivity contribution < 1.29 is 32.7 Å². The summed E-state index contributed by atoms with van der Waals surface area (Å²) in [5.74, 6) is -3.92. The lowest BCUT2D eigenvalue weighted by molar-refractivity contribution is -0.167. The molecule has 2 amide bonds. The van der Waals surface area contributed by atoms with Gasteiger partial charge in [0.05, 0.1) is 23.4 Å². The number of para-hydroxylation sites is 1. The van der Waals surface area contributed by atoms with Crippen LogP contribution in [-0.2, 0) is 20.8 Å². The van der Waals surface area contributed by atoms with E-state index in [9.17, 15) is 32.7 Å². The molecule has 1 heterocycles. The highest BCUT2D eigenvalue weighted by molar-refractivity contribution is 6.32. The molecule has 1 aliphatic heterocycles. The fraction of sp³-hybridized carbons (Fsp3) is 0.182. The van der Waals surface area contributed by atoms with E-state index in [0.717, 1.165) is 22.7 Å². The van der Waals surface area contributed by atoms with Gasteiger partial charge in [-0.2, -0.15) is 23.3 Å². The van der Waals surface area contributed by atoms with Crippen molar-refractivity contribution in [3.63, 3.8) is 0 Å².